The molecule has 0 aliphatic carbocycles. The van der Waals surface area contributed by atoms with E-state index >= 15 is 0 Å². The van der Waals surface area contributed by atoms with E-state index in [1.54, 1.807) is 63.2 Å². The van der Waals surface area contributed by atoms with Gasteiger partial charge < -0.3 is 20.7 Å². The minimum absolute atomic E-state index is 0.0440. The van der Waals surface area contributed by atoms with Crippen molar-refractivity contribution in [1.29, 1.82) is 5.26 Å². The number of ether oxygens (including phenoxy) is 1. The Morgan fingerprint density at radius 3 is 2.25 bits per heavy atom. The second-order valence-corrected chi connectivity index (χ2v) is 12.4. The summed E-state index contributed by atoms with van der Waals surface area (Å²) in [6.45, 7) is 4.69. The molecule has 0 aliphatic rings. The quantitative estimate of drug-likeness (QED) is 0.375. The fourth-order valence-electron chi connectivity index (χ4n) is 3.95. The molecule has 0 saturated heterocycles. The standard InChI is InChI=1S/C29H32N4O6S/c1-29(2,3)39-25(34)18-33(4)28(36)24(15-19-9-11-20(17-30)12-10-19)32-27(35)26(31)40(37,38)23-14-13-21-7-5-6-8-22(21)16-23/h5-14,16,24,26H,15,18,31H2,1-4H3,(H,32,35)/t24-,26?/m0/s1. The summed E-state index contributed by atoms with van der Waals surface area (Å²) < 4.78 is 31.7. The monoisotopic (exact) mass is 564 g/mol. The number of nitrogens with one attached hydrogen (secondary N) is 1. The Morgan fingerprint density at radius 2 is 1.65 bits per heavy atom. The molecular weight excluding hydrogens is 532 g/mol. The highest BCUT2D eigenvalue weighted by molar-refractivity contribution is 7.92. The third kappa shape index (κ3) is 7.65. The number of amides is 2. The molecule has 3 aromatic carbocycles. The van der Waals surface area contributed by atoms with Crippen LogP contribution in [0.25, 0.3) is 10.8 Å². The topological polar surface area (TPSA) is 160 Å². The van der Waals surface area contributed by atoms with Crippen molar-refractivity contribution in [3.8, 4) is 6.07 Å². The maximum Gasteiger partial charge on any atom is 0.326 e. The third-order valence-electron chi connectivity index (χ3n) is 5.94. The van der Waals surface area contributed by atoms with E-state index in [-0.39, 0.29) is 11.3 Å². The van der Waals surface area contributed by atoms with E-state index in [9.17, 15) is 22.8 Å². The summed E-state index contributed by atoms with van der Waals surface area (Å²) >= 11 is 0. The predicted octanol–water partition coefficient (Wildman–Crippen LogP) is 2.30. The molecule has 0 radical (unpaired) electrons. The molecule has 0 bridgehead atoms. The van der Waals surface area contributed by atoms with Crippen LogP contribution in [-0.4, -0.2) is 61.7 Å². The molecule has 3 rings (SSSR count). The Balaban J connectivity index is 1.84. The van der Waals surface area contributed by atoms with Crippen LogP contribution in [-0.2, 0) is 35.4 Å². The molecule has 40 heavy (non-hydrogen) atoms. The van der Waals surface area contributed by atoms with Gasteiger partial charge in [-0.2, -0.15) is 5.26 Å². The fourth-order valence-corrected chi connectivity index (χ4v) is 5.14. The van der Waals surface area contributed by atoms with E-state index < -0.39 is 51.2 Å². The zero-order valence-corrected chi connectivity index (χ0v) is 23.6. The number of carbonyl (C=O) groups is 3. The molecule has 0 fully saturated rings. The van der Waals surface area contributed by atoms with Crippen molar-refractivity contribution in [3.63, 3.8) is 0 Å². The molecule has 2 amide bonds. The van der Waals surface area contributed by atoms with Crippen LogP contribution < -0.4 is 11.1 Å². The summed E-state index contributed by atoms with van der Waals surface area (Å²) in [4.78, 5) is 39.8. The molecule has 2 atom stereocenters. The molecule has 0 aliphatic heterocycles. The van der Waals surface area contributed by atoms with Gasteiger partial charge in [0, 0.05) is 13.5 Å². The first-order valence-electron chi connectivity index (χ1n) is 12.5. The number of carbonyl (C=O) groups excluding carboxylic acids is 3. The molecule has 0 saturated carbocycles. The number of hydrogen-bond acceptors (Lipinski definition) is 8. The lowest BCUT2D eigenvalue weighted by molar-refractivity contribution is -0.158. The van der Waals surface area contributed by atoms with Crippen LogP contribution in [0.3, 0.4) is 0 Å². The Labute approximate surface area is 233 Å². The van der Waals surface area contributed by atoms with E-state index in [0.717, 1.165) is 10.3 Å². The van der Waals surface area contributed by atoms with Crippen LogP contribution >= 0.6 is 0 Å². The summed E-state index contributed by atoms with van der Waals surface area (Å²) in [7, 11) is -2.94. The number of fused-ring (bicyclic) bond motifs is 1. The molecule has 3 N–H and O–H groups in total. The van der Waals surface area contributed by atoms with Gasteiger partial charge in [0.15, 0.2) is 5.37 Å². The van der Waals surface area contributed by atoms with Crippen LogP contribution in [0.1, 0.15) is 31.9 Å². The largest absolute Gasteiger partial charge is 0.459 e. The zero-order valence-electron chi connectivity index (χ0n) is 22.7. The van der Waals surface area contributed by atoms with Gasteiger partial charge in [-0.25, -0.2) is 8.42 Å². The van der Waals surface area contributed by atoms with Gasteiger partial charge in [-0.05, 0) is 61.4 Å². The number of nitriles is 1. The number of esters is 1. The van der Waals surface area contributed by atoms with Gasteiger partial charge in [0.1, 0.15) is 18.2 Å². The molecule has 0 aromatic heterocycles. The van der Waals surface area contributed by atoms with E-state index in [4.69, 9.17) is 15.7 Å². The molecule has 0 heterocycles. The molecule has 210 valence electrons. The SMILES string of the molecule is CN(CC(=O)OC(C)(C)C)C(=O)[C@H](Cc1ccc(C#N)cc1)NC(=O)C(N)S(=O)(=O)c1ccc2ccccc2c1. The smallest absolute Gasteiger partial charge is 0.326 e. The van der Waals surface area contributed by atoms with E-state index in [2.05, 4.69) is 5.32 Å². The summed E-state index contributed by atoms with van der Waals surface area (Å²) in [5, 5.41) is 11.0. The lowest BCUT2D eigenvalue weighted by Crippen LogP contribution is -2.55. The van der Waals surface area contributed by atoms with Gasteiger partial charge in [0.05, 0.1) is 16.5 Å². The van der Waals surface area contributed by atoms with Gasteiger partial charge in [0.25, 0.3) is 5.91 Å². The average molecular weight is 565 g/mol. The predicted molar refractivity (Wildman–Crippen MR) is 149 cm³/mol. The maximum atomic E-state index is 13.4. The first-order valence-corrected chi connectivity index (χ1v) is 14.0. The van der Waals surface area contributed by atoms with Crippen molar-refractivity contribution >= 4 is 38.4 Å². The normalized spacial score (nSPS) is 13.1. The van der Waals surface area contributed by atoms with Crippen molar-refractivity contribution in [2.75, 3.05) is 13.6 Å². The van der Waals surface area contributed by atoms with E-state index in [0.29, 0.717) is 16.5 Å². The van der Waals surface area contributed by atoms with Crippen molar-refractivity contribution in [2.45, 2.75) is 49.1 Å². The number of hydrogen-bond donors (Lipinski definition) is 2. The molecule has 1 unspecified atom stereocenters. The molecule has 0 spiro atoms. The van der Waals surface area contributed by atoms with E-state index in [1.807, 2.05) is 18.2 Å². The first kappa shape index (κ1) is 30.3. The van der Waals surface area contributed by atoms with Gasteiger partial charge in [0.2, 0.25) is 15.7 Å². The lowest BCUT2D eigenvalue weighted by Gasteiger charge is -2.27. The minimum Gasteiger partial charge on any atom is -0.459 e. The van der Waals surface area contributed by atoms with Crippen LogP contribution in [0.4, 0.5) is 0 Å². The summed E-state index contributed by atoms with van der Waals surface area (Å²) in [6, 6.07) is 18.7. The minimum atomic E-state index is -4.31. The zero-order chi connectivity index (χ0) is 29.7. The second-order valence-electron chi connectivity index (χ2n) is 10.3. The van der Waals surface area contributed by atoms with Crippen LogP contribution in [0, 0.1) is 11.3 Å². The van der Waals surface area contributed by atoms with Crippen molar-refractivity contribution in [2.24, 2.45) is 5.73 Å². The summed E-state index contributed by atoms with van der Waals surface area (Å²) in [6.07, 6.45) is -0.0440. The number of nitrogens with zero attached hydrogens (tertiary/aromatic N) is 2. The number of sulfone groups is 1. The highest BCUT2D eigenvalue weighted by Crippen LogP contribution is 2.21. The Hall–Kier alpha value is -4.27. The second kappa shape index (κ2) is 12.3. The Kier molecular flexibility index (Phi) is 9.29. The number of nitrogens with two attached hydrogens (primary N) is 1. The van der Waals surface area contributed by atoms with Crippen molar-refractivity contribution < 1.29 is 27.5 Å². The van der Waals surface area contributed by atoms with Gasteiger partial charge >= 0.3 is 5.97 Å². The lowest BCUT2D eigenvalue weighted by atomic mass is 10.0. The van der Waals surface area contributed by atoms with Crippen molar-refractivity contribution in [1.82, 2.24) is 10.2 Å². The molecule has 3 aromatic rings. The van der Waals surface area contributed by atoms with Gasteiger partial charge in [-0.3, -0.25) is 14.4 Å². The van der Waals surface area contributed by atoms with Gasteiger partial charge in [-0.15, -0.1) is 0 Å². The van der Waals surface area contributed by atoms with Crippen LogP contribution in [0.2, 0.25) is 0 Å². The molecular formula is C29H32N4O6S. The average Bonchev–Trinajstić information content (AvgIpc) is 2.90. The summed E-state index contributed by atoms with van der Waals surface area (Å²) in [5.74, 6) is -2.38. The number of benzene rings is 3. The number of rotatable bonds is 9. The number of likely N-dealkylation sites (N-methyl/N-ethyl adjacent to an activating group) is 1. The maximum absolute atomic E-state index is 13.4. The highest BCUT2D eigenvalue weighted by atomic mass is 32.2. The van der Waals surface area contributed by atoms with Crippen molar-refractivity contribution in [3.05, 3.63) is 77.9 Å². The van der Waals surface area contributed by atoms with Gasteiger partial charge in [-0.1, -0.05) is 42.5 Å². The third-order valence-corrected chi connectivity index (χ3v) is 7.74. The molecule has 10 nitrogen and oxygen atoms in total. The van der Waals surface area contributed by atoms with Crippen LogP contribution in [0.15, 0.2) is 71.6 Å². The van der Waals surface area contributed by atoms with E-state index in [1.165, 1.54) is 19.2 Å². The highest BCUT2D eigenvalue weighted by Gasteiger charge is 2.34. The summed E-state index contributed by atoms with van der Waals surface area (Å²) in [5.41, 5.74) is 6.17. The molecule has 11 heteroatoms. The first-order chi connectivity index (χ1) is 18.7. The Morgan fingerprint density at radius 1 is 1.02 bits per heavy atom. The Bertz CT molecular complexity index is 1560. The van der Waals surface area contributed by atoms with Crippen LogP contribution in [0.5, 0.6) is 0 Å². The fraction of sp³-hybridized carbons (Fsp3) is 0.310.